The maximum absolute atomic E-state index is 12.2. The Balaban J connectivity index is 1.84. The van der Waals surface area contributed by atoms with Gasteiger partial charge in [-0.15, -0.1) is 0 Å². The Bertz CT molecular complexity index is 376. The molecule has 21 heavy (non-hydrogen) atoms. The van der Waals surface area contributed by atoms with Gasteiger partial charge in [0.1, 0.15) is 0 Å². The predicted octanol–water partition coefficient (Wildman–Crippen LogP) is 1.87. The van der Waals surface area contributed by atoms with Crippen LogP contribution in [0.25, 0.3) is 0 Å². The van der Waals surface area contributed by atoms with Crippen LogP contribution in [0, 0.1) is 11.3 Å². The Morgan fingerprint density at radius 1 is 1.24 bits per heavy atom. The molecule has 1 aliphatic heterocycles. The lowest BCUT2D eigenvalue weighted by atomic mass is 9.77. The zero-order chi connectivity index (χ0) is 15.3. The molecule has 0 aromatic heterocycles. The van der Waals surface area contributed by atoms with Gasteiger partial charge < -0.3 is 15.3 Å². The van der Waals surface area contributed by atoms with Crippen LogP contribution in [-0.2, 0) is 9.59 Å². The van der Waals surface area contributed by atoms with E-state index in [2.05, 4.69) is 17.3 Å². The molecule has 1 unspecified atom stereocenters. The fourth-order valence-electron chi connectivity index (χ4n) is 3.69. The summed E-state index contributed by atoms with van der Waals surface area (Å²) in [5, 5.41) is 12.6. The topological polar surface area (TPSA) is 69.6 Å². The Morgan fingerprint density at radius 3 is 2.43 bits per heavy atom. The molecule has 2 aliphatic rings. The first-order chi connectivity index (χ1) is 10.0. The normalized spacial score (nSPS) is 26.2. The molecule has 0 radical (unpaired) electrons. The van der Waals surface area contributed by atoms with E-state index in [4.69, 9.17) is 0 Å². The SMILES string of the molecule is CN1CCC(CNC(=O)CC2(C(=O)O)CCCCCC2)C1. The molecular formula is C16H28N2O3. The monoisotopic (exact) mass is 296 g/mol. The van der Waals surface area contributed by atoms with Gasteiger partial charge in [0.05, 0.1) is 5.41 Å². The first-order valence-electron chi connectivity index (χ1n) is 8.20. The minimum atomic E-state index is -0.826. The summed E-state index contributed by atoms with van der Waals surface area (Å²) in [7, 11) is 2.09. The number of nitrogens with zero attached hydrogens (tertiary/aromatic N) is 1. The van der Waals surface area contributed by atoms with Crippen LogP contribution in [0.15, 0.2) is 0 Å². The number of hydrogen-bond donors (Lipinski definition) is 2. The van der Waals surface area contributed by atoms with Crippen molar-refractivity contribution in [2.24, 2.45) is 11.3 Å². The van der Waals surface area contributed by atoms with Crippen LogP contribution in [0.5, 0.6) is 0 Å². The van der Waals surface area contributed by atoms with E-state index in [1.54, 1.807) is 0 Å². The van der Waals surface area contributed by atoms with Crippen molar-refractivity contribution in [3.8, 4) is 0 Å². The summed E-state index contributed by atoms with van der Waals surface area (Å²) in [6.07, 6.45) is 6.56. The molecule has 0 spiro atoms. The lowest BCUT2D eigenvalue weighted by Gasteiger charge is -2.27. The minimum Gasteiger partial charge on any atom is -0.481 e. The zero-order valence-electron chi connectivity index (χ0n) is 13.1. The molecule has 0 aromatic rings. The van der Waals surface area contributed by atoms with Crippen molar-refractivity contribution in [2.45, 2.75) is 51.4 Å². The number of aliphatic carboxylic acids is 1. The Morgan fingerprint density at radius 2 is 1.90 bits per heavy atom. The third-order valence-electron chi connectivity index (χ3n) is 5.09. The second-order valence-electron chi connectivity index (χ2n) is 6.90. The van der Waals surface area contributed by atoms with Gasteiger partial charge in [-0.3, -0.25) is 9.59 Å². The maximum Gasteiger partial charge on any atom is 0.310 e. The smallest absolute Gasteiger partial charge is 0.310 e. The van der Waals surface area contributed by atoms with Crippen molar-refractivity contribution in [1.82, 2.24) is 10.2 Å². The molecule has 0 aromatic carbocycles. The maximum atomic E-state index is 12.2. The second-order valence-corrected chi connectivity index (χ2v) is 6.90. The number of carboxylic acids is 1. The van der Waals surface area contributed by atoms with Crippen LogP contribution in [0.1, 0.15) is 51.4 Å². The van der Waals surface area contributed by atoms with E-state index in [0.29, 0.717) is 25.3 Å². The average Bonchev–Trinajstić information content (AvgIpc) is 2.71. The van der Waals surface area contributed by atoms with E-state index in [1.807, 2.05) is 0 Å². The summed E-state index contributed by atoms with van der Waals surface area (Å²) in [6.45, 7) is 2.78. The molecule has 2 fully saturated rings. The van der Waals surface area contributed by atoms with Crippen molar-refractivity contribution in [1.29, 1.82) is 0 Å². The van der Waals surface area contributed by atoms with Gasteiger partial charge in [0.15, 0.2) is 0 Å². The van der Waals surface area contributed by atoms with Crippen molar-refractivity contribution in [2.75, 3.05) is 26.7 Å². The van der Waals surface area contributed by atoms with E-state index in [-0.39, 0.29) is 12.3 Å². The largest absolute Gasteiger partial charge is 0.481 e. The molecule has 1 atom stereocenters. The number of likely N-dealkylation sites (tertiary alicyclic amines) is 1. The van der Waals surface area contributed by atoms with Crippen LogP contribution in [0.3, 0.4) is 0 Å². The molecule has 5 heteroatoms. The molecule has 1 aliphatic carbocycles. The summed E-state index contributed by atoms with van der Waals surface area (Å²) in [5.41, 5.74) is -0.826. The average molecular weight is 296 g/mol. The van der Waals surface area contributed by atoms with E-state index in [1.165, 1.54) is 0 Å². The van der Waals surface area contributed by atoms with E-state index < -0.39 is 11.4 Å². The first kappa shape index (κ1) is 16.3. The quantitative estimate of drug-likeness (QED) is 0.760. The molecule has 1 heterocycles. The third kappa shape index (κ3) is 4.43. The number of hydrogen-bond acceptors (Lipinski definition) is 3. The second kappa shape index (κ2) is 7.25. The third-order valence-corrected chi connectivity index (χ3v) is 5.09. The zero-order valence-corrected chi connectivity index (χ0v) is 13.1. The van der Waals surface area contributed by atoms with Gasteiger partial charge in [-0.05, 0) is 38.8 Å². The molecule has 1 saturated heterocycles. The predicted molar refractivity (Wildman–Crippen MR) is 81.0 cm³/mol. The summed E-state index contributed by atoms with van der Waals surface area (Å²) < 4.78 is 0. The van der Waals surface area contributed by atoms with Gasteiger partial charge in [-0.1, -0.05) is 25.7 Å². The van der Waals surface area contributed by atoms with E-state index in [9.17, 15) is 14.7 Å². The van der Waals surface area contributed by atoms with Gasteiger partial charge in [0.2, 0.25) is 5.91 Å². The molecule has 120 valence electrons. The van der Waals surface area contributed by atoms with Crippen LogP contribution in [-0.4, -0.2) is 48.6 Å². The van der Waals surface area contributed by atoms with Gasteiger partial charge in [0.25, 0.3) is 0 Å². The highest BCUT2D eigenvalue weighted by Gasteiger charge is 2.40. The van der Waals surface area contributed by atoms with Crippen molar-refractivity contribution in [3.63, 3.8) is 0 Å². The van der Waals surface area contributed by atoms with Crippen LogP contribution in [0.4, 0.5) is 0 Å². The lowest BCUT2D eigenvalue weighted by molar-refractivity contribution is -0.152. The van der Waals surface area contributed by atoms with Crippen molar-refractivity contribution < 1.29 is 14.7 Å². The number of rotatable bonds is 5. The summed E-state index contributed by atoms with van der Waals surface area (Å²) in [6, 6.07) is 0. The highest BCUT2D eigenvalue weighted by atomic mass is 16.4. The molecule has 2 N–H and O–H groups in total. The molecule has 2 rings (SSSR count). The molecule has 1 amide bonds. The van der Waals surface area contributed by atoms with Gasteiger partial charge in [-0.2, -0.15) is 0 Å². The lowest BCUT2D eigenvalue weighted by Crippen LogP contribution is -2.39. The van der Waals surface area contributed by atoms with Gasteiger partial charge in [0, 0.05) is 19.5 Å². The number of amides is 1. The Hall–Kier alpha value is -1.10. The number of carboxylic acid groups (broad SMARTS) is 1. The molecule has 5 nitrogen and oxygen atoms in total. The first-order valence-corrected chi connectivity index (χ1v) is 8.20. The van der Waals surface area contributed by atoms with Crippen LogP contribution < -0.4 is 5.32 Å². The van der Waals surface area contributed by atoms with Crippen LogP contribution in [0.2, 0.25) is 0 Å². The molecule has 0 bridgehead atoms. The highest BCUT2D eigenvalue weighted by Crippen LogP contribution is 2.38. The minimum absolute atomic E-state index is 0.0890. The Kier molecular flexibility index (Phi) is 5.62. The van der Waals surface area contributed by atoms with E-state index in [0.717, 1.165) is 45.2 Å². The van der Waals surface area contributed by atoms with Crippen molar-refractivity contribution in [3.05, 3.63) is 0 Å². The van der Waals surface area contributed by atoms with Crippen molar-refractivity contribution >= 4 is 11.9 Å². The highest BCUT2D eigenvalue weighted by molar-refractivity contribution is 5.85. The standard InChI is InChI=1S/C16H28N2O3/c1-18-9-6-13(12-18)11-17-14(19)10-16(15(20)21)7-4-2-3-5-8-16/h13H,2-12H2,1H3,(H,17,19)(H,20,21). The van der Waals surface area contributed by atoms with Gasteiger partial charge >= 0.3 is 5.97 Å². The summed E-state index contributed by atoms with van der Waals surface area (Å²) in [5.74, 6) is -0.372. The Labute approximate surface area is 127 Å². The number of carbonyl (C=O) groups is 2. The van der Waals surface area contributed by atoms with E-state index >= 15 is 0 Å². The molecular weight excluding hydrogens is 268 g/mol. The number of carbonyl (C=O) groups excluding carboxylic acids is 1. The fourth-order valence-corrected chi connectivity index (χ4v) is 3.69. The fraction of sp³-hybridized carbons (Fsp3) is 0.875. The van der Waals surface area contributed by atoms with Crippen LogP contribution >= 0.6 is 0 Å². The summed E-state index contributed by atoms with van der Waals surface area (Å²) in [4.78, 5) is 26.1. The molecule has 1 saturated carbocycles. The number of nitrogens with one attached hydrogen (secondary N) is 1. The summed E-state index contributed by atoms with van der Waals surface area (Å²) >= 11 is 0. The van der Waals surface area contributed by atoms with Gasteiger partial charge in [-0.25, -0.2) is 0 Å².